The Bertz CT molecular complexity index is 3200. The predicted octanol–water partition coefficient (Wildman–Crippen LogP) is 10.6. The minimum atomic E-state index is 0.865. The molecule has 0 bridgehead atoms. The van der Waals surface area contributed by atoms with Gasteiger partial charge < -0.3 is 8.82 Å². The molecule has 212 valence electrons. The van der Waals surface area contributed by atoms with Crippen molar-refractivity contribution in [2.75, 3.05) is 0 Å². The van der Waals surface area contributed by atoms with Crippen LogP contribution >= 0.6 is 0 Å². The fourth-order valence-electron chi connectivity index (χ4n) is 8.32. The lowest BCUT2D eigenvalue weighted by Crippen LogP contribution is -2.05. The van der Waals surface area contributed by atoms with E-state index in [1.54, 1.807) is 0 Å². The average Bonchev–Trinajstić information content (AvgIpc) is 3.82. The average molecular weight is 587 g/mol. The fourth-order valence-corrected chi connectivity index (χ4v) is 8.32. The molecule has 12 aromatic rings. The van der Waals surface area contributed by atoms with Crippen LogP contribution in [0, 0.1) is 0 Å². The molecule has 0 fully saturated rings. The normalized spacial score (nSPS) is 12.8. The summed E-state index contributed by atoms with van der Waals surface area (Å²) in [6, 6.07) is 47.8. The smallest absolute Gasteiger partial charge is 0.220 e. The maximum absolute atomic E-state index is 6.59. The second kappa shape index (κ2) is 7.84. The zero-order chi connectivity index (χ0) is 29.7. The number of imidazole rings is 1. The van der Waals surface area contributed by atoms with Crippen LogP contribution in [0.4, 0.5) is 0 Å². The highest BCUT2D eigenvalue weighted by Crippen LogP contribution is 2.48. The van der Waals surface area contributed by atoms with Crippen LogP contribution in [0.25, 0.3) is 105 Å². The van der Waals surface area contributed by atoms with E-state index in [4.69, 9.17) is 9.40 Å². The predicted molar refractivity (Wildman–Crippen MR) is 189 cm³/mol. The summed E-state index contributed by atoms with van der Waals surface area (Å²) in [7, 11) is 0. The SMILES string of the molecule is c1ccc2cc(-n3c(-n4c5ccc6oc7ccc8c9ccccc9n9c%10cccc4c%10c5c6c7c89)nc4ccccc43)ccc2c1. The molecule has 5 aromatic heterocycles. The van der Waals surface area contributed by atoms with Gasteiger partial charge in [0, 0.05) is 32.6 Å². The van der Waals surface area contributed by atoms with Gasteiger partial charge in [-0.1, -0.05) is 66.7 Å². The molecule has 0 aliphatic carbocycles. The van der Waals surface area contributed by atoms with E-state index >= 15 is 0 Å². The number of hydrogen-bond donors (Lipinski definition) is 0. The summed E-state index contributed by atoms with van der Waals surface area (Å²) in [4.78, 5) is 5.36. The third-order valence-corrected chi connectivity index (χ3v) is 10.1. The van der Waals surface area contributed by atoms with Gasteiger partial charge in [0.1, 0.15) is 11.2 Å². The van der Waals surface area contributed by atoms with Crippen LogP contribution in [0.3, 0.4) is 0 Å². The van der Waals surface area contributed by atoms with Crippen LogP contribution in [-0.2, 0) is 0 Å². The molecule has 12 rings (SSSR count). The van der Waals surface area contributed by atoms with E-state index < -0.39 is 0 Å². The third kappa shape index (κ3) is 2.60. The molecule has 0 spiro atoms. The summed E-state index contributed by atoms with van der Waals surface area (Å²) in [5.41, 5.74) is 10.7. The lowest BCUT2D eigenvalue weighted by atomic mass is 10.0. The van der Waals surface area contributed by atoms with Gasteiger partial charge >= 0.3 is 0 Å². The van der Waals surface area contributed by atoms with E-state index in [1.807, 2.05) is 0 Å². The molecule has 5 heterocycles. The Morgan fingerprint density at radius 2 is 1.20 bits per heavy atom. The molecule has 0 unspecified atom stereocenters. The van der Waals surface area contributed by atoms with Gasteiger partial charge in [0.15, 0.2) is 0 Å². The molecule has 0 aliphatic rings. The summed E-state index contributed by atoms with van der Waals surface area (Å²) in [6.45, 7) is 0. The Labute approximate surface area is 260 Å². The van der Waals surface area contributed by atoms with E-state index in [2.05, 4.69) is 147 Å². The summed E-state index contributed by atoms with van der Waals surface area (Å²) in [5, 5.41) is 9.68. The first-order valence-electron chi connectivity index (χ1n) is 15.7. The van der Waals surface area contributed by atoms with E-state index in [0.29, 0.717) is 0 Å². The topological polar surface area (TPSA) is 40.3 Å². The van der Waals surface area contributed by atoms with Crippen molar-refractivity contribution in [2.45, 2.75) is 0 Å². The van der Waals surface area contributed by atoms with Gasteiger partial charge in [-0.05, 0) is 77.5 Å². The molecule has 0 amide bonds. The Morgan fingerprint density at radius 1 is 0.457 bits per heavy atom. The Balaban J connectivity index is 1.33. The Hall–Kier alpha value is -6.33. The number of rotatable bonds is 2. The van der Waals surface area contributed by atoms with Crippen molar-refractivity contribution < 1.29 is 4.42 Å². The quantitative estimate of drug-likeness (QED) is 0.202. The first-order valence-corrected chi connectivity index (χ1v) is 15.7. The van der Waals surface area contributed by atoms with Gasteiger partial charge in [-0.25, -0.2) is 4.98 Å². The molecule has 5 heteroatoms. The van der Waals surface area contributed by atoms with Crippen molar-refractivity contribution in [3.63, 3.8) is 0 Å². The molecular weight excluding hydrogens is 564 g/mol. The minimum Gasteiger partial charge on any atom is -0.456 e. The largest absolute Gasteiger partial charge is 0.456 e. The molecule has 7 aromatic carbocycles. The summed E-state index contributed by atoms with van der Waals surface area (Å²) < 4.78 is 13.7. The van der Waals surface area contributed by atoms with Crippen LogP contribution in [0.5, 0.6) is 0 Å². The van der Waals surface area contributed by atoms with Gasteiger partial charge in [-0.3, -0.25) is 9.13 Å². The van der Waals surface area contributed by atoms with Crippen molar-refractivity contribution >= 4 is 92.9 Å². The van der Waals surface area contributed by atoms with Crippen LogP contribution < -0.4 is 0 Å². The molecule has 0 saturated heterocycles. The van der Waals surface area contributed by atoms with E-state index in [9.17, 15) is 0 Å². The summed E-state index contributed by atoms with van der Waals surface area (Å²) in [6.07, 6.45) is 0. The highest BCUT2D eigenvalue weighted by atomic mass is 16.3. The molecule has 5 nitrogen and oxygen atoms in total. The van der Waals surface area contributed by atoms with Crippen molar-refractivity contribution in [3.05, 3.63) is 133 Å². The van der Waals surface area contributed by atoms with Crippen LogP contribution in [0.1, 0.15) is 0 Å². The van der Waals surface area contributed by atoms with Gasteiger partial charge in [0.05, 0.1) is 44.0 Å². The molecule has 0 saturated carbocycles. The van der Waals surface area contributed by atoms with Crippen molar-refractivity contribution in [1.29, 1.82) is 0 Å². The molecule has 0 atom stereocenters. The fraction of sp³-hybridized carbons (Fsp3) is 0. The molecule has 46 heavy (non-hydrogen) atoms. The number of nitrogens with zero attached hydrogens (tertiary/aromatic N) is 4. The van der Waals surface area contributed by atoms with Crippen LogP contribution in [0.2, 0.25) is 0 Å². The maximum Gasteiger partial charge on any atom is 0.220 e. The number of fused-ring (bicyclic) bond motifs is 6. The maximum atomic E-state index is 6.59. The number of furan rings is 1. The van der Waals surface area contributed by atoms with Crippen molar-refractivity contribution in [1.82, 2.24) is 18.5 Å². The van der Waals surface area contributed by atoms with Gasteiger partial charge in [0.2, 0.25) is 5.95 Å². The molecule has 0 N–H and O–H groups in total. The van der Waals surface area contributed by atoms with Crippen molar-refractivity contribution in [2.24, 2.45) is 0 Å². The first kappa shape index (κ1) is 23.1. The molecule has 0 radical (unpaired) electrons. The number of aromatic nitrogens is 4. The highest BCUT2D eigenvalue weighted by molar-refractivity contribution is 6.37. The standard InChI is InChI=1S/C41H22N4O/c1-2-9-24-22-25(17-16-23(24)8-1)43-30-13-6-4-11-28(30)42-41(43)45-32-15-7-14-31-36(32)37-33(45)19-21-34-38(37)39-35(46-34)20-18-27-26-10-3-5-12-29(26)44(31)40(27)39/h1-22H. The Morgan fingerprint density at radius 3 is 2.15 bits per heavy atom. The second-order valence-electron chi connectivity index (χ2n) is 12.4. The lowest BCUT2D eigenvalue weighted by Gasteiger charge is -2.13. The minimum absolute atomic E-state index is 0.865. The number of para-hydroxylation sites is 3. The van der Waals surface area contributed by atoms with Crippen molar-refractivity contribution in [3.8, 4) is 11.6 Å². The Kier molecular flexibility index (Phi) is 3.94. The summed E-state index contributed by atoms with van der Waals surface area (Å²) in [5.74, 6) is 0.865. The molecule has 0 aliphatic heterocycles. The second-order valence-corrected chi connectivity index (χ2v) is 12.4. The monoisotopic (exact) mass is 586 g/mol. The van der Waals surface area contributed by atoms with E-state index in [-0.39, 0.29) is 0 Å². The van der Waals surface area contributed by atoms with Crippen LogP contribution in [-0.4, -0.2) is 18.5 Å². The van der Waals surface area contributed by atoms with Crippen LogP contribution in [0.15, 0.2) is 138 Å². The third-order valence-electron chi connectivity index (χ3n) is 10.1. The van der Waals surface area contributed by atoms with Gasteiger partial charge in [0.25, 0.3) is 0 Å². The highest BCUT2D eigenvalue weighted by Gasteiger charge is 2.27. The summed E-state index contributed by atoms with van der Waals surface area (Å²) >= 11 is 0. The van der Waals surface area contributed by atoms with E-state index in [1.165, 1.54) is 59.6 Å². The van der Waals surface area contributed by atoms with Gasteiger partial charge in [-0.15, -0.1) is 0 Å². The van der Waals surface area contributed by atoms with E-state index in [0.717, 1.165) is 44.9 Å². The van der Waals surface area contributed by atoms with Gasteiger partial charge in [-0.2, -0.15) is 0 Å². The molecular formula is C41H22N4O. The number of benzene rings is 7. The zero-order valence-electron chi connectivity index (χ0n) is 24.4. The lowest BCUT2D eigenvalue weighted by molar-refractivity contribution is 0.669. The zero-order valence-corrected chi connectivity index (χ0v) is 24.4. The first-order chi connectivity index (χ1) is 22.8. The number of hydrogen-bond acceptors (Lipinski definition) is 2.